The van der Waals surface area contributed by atoms with E-state index in [-0.39, 0.29) is 17.9 Å². The highest BCUT2D eigenvalue weighted by Crippen LogP contribution is 2.48. The van der Waals surface area contributed by atoms with Crippen LogP contribution in [0.4, 0.5) is 0 Å². The highest BCUT2D eigenvalue weighted by molar-refractivity contribution is 7.95. The van der Waals surface area contributed by atoms with E-state index in [1.54, 1.807) is 0 Å². The smallest absolute Gasteiger partial charge is 0.215 e. The molecule has 0 radical (unpaired) electrons. The Bertz CT molecular complexity index is 554. The molecule has 0 spiro atoms. The van der Waals surface area contributed by atoms with Crippen LogP contribution in [0.15, 0.2) is 0 Å². The molecule has 1 N–H and O–H groups in total. The van der Waals surface area contributed by atoms with E-state index in [4.69, 9.17) is 0 Å². The topological polar surface area (TPSA) is 80.3 Å². The van der Waals surface area contributed by atoms with Gasteiger partial charge in [-0.3, -0.25) is 0 Å². The summed E-state index contributed by atoms with van der Waals surface area (Å²) in [6.07, 6.45) is 5.17. The van der Waals surface area contributed by atoms with E-state index in [0.717, 1.165) is 12.3 Å². The van der Waals surface area contributed by atoms with Gasteiger partial charge in [0.2, 0.25) is 10.0 Å². The Morgan fingerprint density at radius 1 is 1.11 bits per heavy atom. The van der Waals surface area contributed by atoms with Crippen LogP contribution in [-0.2, 0) is 19.9 Å². The Kier molecular flexibility index (Phi) is 3.42. The van der Waals surface area contributed by atoms with Crippen LogP contribution in [0, 0.1) is 17.8 Å². The molecule has 110 valence electrons. The van der Waals surface area contributed by atoms with Crippen LogP contribution in [-0.4, -0.2) is 40.1 Å². The normalized spacial score (nSPS) is 40.8. The largest absolute Gasteiger partial charge is 0.229 e. The van der Waals surface area contributed by atoms with Crippen molar-refractivity contribution in [2.75, 3.05) is 18.1 Å². The number of nitrogens with one attached hydrogen (secondary N) is 1. The molecule has 0 amide bonds. The summed E-state index contributed by atoms with van der Waals surface area (Å²) < 4.78 is 49.6. The van der Waals surface area contributed by atoms with E-state index < -0.39 is 25.1 Å². The molecule has 3 aliphatic rings. The third kappa shape index (κ3) is 2.83. The molecule has 7 heteroatoms. The molecule has 5 nitrogen and oxygen atoms in total. The monoisotopic (exact) mass is 307 g/mol. The molecule has 19 heavy (non-hydrogen) atoms. The van der Waals surface area contributed by atoms with Crippen molar-refractivity contribution in [2.45, 2.75) is 37.4 Å². The summed E-state index contributed by atoms with van der Waals surface area (Å²) in [4.78, 5) is 0. The van der Waals surface area contributed by atoms with Gasteiger partial charge in [-0.2, -0.15) is 0 Å². The van der Waals surface area contributed by atoms with Crippen LogP contribution in [0.1, 0.15) is 32.1 Å². The van der Waals surface area contributed by atoms with E-state index >= 15 is 0 Å². The van der Waals surface area contributed by atoms with Gasteiger partial charge in [0.15, 0.2) is 9.84 Å². The van der Waals surface area contributed by atoms with Gasteiger partial charge in [-0.05, 0) is 43.4 Å². The minimum absolute atomic E-state index is 0.00665. The fourth-order valence-corrected chi connectivity index (χ4v) is 8.11. The molecular formula is C12H21NO4S2. The molecule has 2 saturated carbocycles. The predicted octanol–water partition coefficient (Wildman–Crippen LogP) is 0.529. The van der Waals surface area contributed by atoms with Crippen molar-refractivity contribution >= 4 is 19.9 Å². The number of sulfonamides is 1. The van der Waals surface area contributed by atoms with Crippen molar-refractivity contribution in [3.8, 4) is 0 Å². The maximum Gasteiger partial charge on any atom is 0.215 e. The SMILES string of the molecule is O=S1(=O)CC[C@@H](S(=O)(=O)NC[C@@H]2C[C@H]3CC[C@H]2C3)C1. The number of sulfone groups is 1. The lowest BCUT2D eigenvalue weighted by Gasteiger charge is -2.22. The number of rotatable bonds is 4. The van der Waals surface area contributed by atoms with Gasteiger partial charge >= 0.3 is 0 Å². The second-order valence-electron chi connectivity index (χ2n) is 6.35. The van der Waals surface area contributed by atoms with Gasteiger partial charge in [0.1, 0.15) is 0 Å². The van der Waals surface area contributed by atoms with Crippen molar-refractivity contribution in [2.24, 2.45) is 17.8 Å². The zero-order valence-corrected chi connectivity index (χ0v) is 12.5. The molecule has 4 atom stereocenters. The Balaban J connectivity index is 1.57. The van der Waals surface area contributed by atoms with E-state index in [1.807, 2.05) is 0 Å². The van der Waals surface area contributed by atoms with Crippen LogP contribution < -0.4 is 4.72 Å². The fourth-order valence-electron chi connectivity index (χ4n) is 3.97. The zero-order chi connectivity index (χ0) is 13.7. The highest BCUT2D eigenvalue weighted by Gasteiger charge is 2.41. The summed E-state index contributed by atoms with van der Waals surface area (Å²) in [5.41, 5.74) is 0. The molecule has 3 rings (SSSR count). The zero-order valence-electron chi connectivity index (χ0n) is 10.9. The first-order chi connectivity index (χ1) is 8.86. The molecule has 2 bridgehead atoms. The van der Waals surface area contributed by atoms with E-state index in [2.05, 4.69) is 4.72 Å². The molecule has 1 aliphatic heterocycles. The van der Waals surface area contributed by atoms with Crippen LogP contribution in [0.25, 0.3) is 0 Å². The van der Waals surface area contributed by atoms with Crippen LogP contribution in [0.5, 0.6) is 0 Å². The summed E-state index contributed by atoms with van der Waals surface area (Å²) in [7, 11) is -6.61. The lowest BCUT2D eigenvalue weighted by molar-refractivity contribution is 0.332. The average molecular weight is 307 g/mol. The van der Waals surface area contributed by atoms with Gasteiger partial charge in [-0.1, -0.05) is 6.42 Å². The van der Waals surface area contributed by atoms with E-state index in [0.29, 0.717) is 18.4 Å². The van der Waals surface area contributed by atoms with Crippen LogP contribution in [0.2, 0.25) is 0 Å². The summed E-state index contributed by atoms with van der Waals surface area (Å²) in [5, 5.41) is -0.740. The Morgan fingerprint density at radius 2 is 1.89 bits per heavy atom. The van der Waals surface area contributed by atoms with Gasteiger partial charge < -0.3 is 0 Å². The summed E-state index contributed by atoms with van der Waals surface area (Å²) in [6.45, 7) is 0.500. The molecule has 0 aromatic rings. The van der Waals surface area contributed by atoms with E-state index in [1.165, 1.54) is 19.3 Å². The Labute approximate surface area is 115 Å². The first-order valence-corrected chi connectivity index (χ1v) is 10.4. The quantitative estimate of drug-likeness (QED) is 0.821. The van der Waals surface area contributed by atoms with Crippen molar-refractivity contribution in [1.82, 2.24) is 4.72 Å². The first kappa shape index (κ1) is 13.8. The van der Waals surface area contributed by atoms with Gasteiger partial charge in [-0.25, -0.2) is 21.6 Å². The van der Waals surface area contributed by atoms with Gasteiger partial charge in [0, 0.05) is 6.54 Å². The molecule has 2 aliphatic carbocycles. The molecular weight excluding hydrogens is 286 g/mol. The lowest BCUT2D eigenvalue weighted by atomic mass is 9.89. The number of fused-ring (bicyclic) bond motifs is 2. The number of hydrogen-bond acceptors (Lipinski definition) is 4. The third-order valence-electron chi connectivity index (χ3n) is 5.06. The maximum absolute atomic E-state index is 12.1. The second kappa shape index (κ2) is 4.70. The standard InChI is InChI=1S/C12H21NO4S2/c14-18(15)4-3-12(8-18)19(16,17)13-7-11-6-9-1-2-10(11)5-9/h9-13H,1-8H2/t9-,10-,11-,12+/m0/s1. The van der Waals surface area contributed by atoms with Crippen LogP contribution >= 0.6 is 0 Å². The fraction of sp³-hybridized carbons (Fsp3) is 1.00. The second-order valence-corrected chi connectivity index (χ2v) is 10.6. The first-order valence-electron chi connectivity index (χ1n) is 7.04. The van der Waals surface area contributed by atoms with E-state index in [9.17, 15) is 16.8 Å². The van der Waals surface area contributed by atoms with Crippen molar-refractivity contribution in [1.29, 1.82) is 0 Å². The maximum atomic E-state index is 12.1. The van der Waals surface area contributed by atoms with Crippen molar-refractivity contribution in [3.63, 3.8) is 0 Å². The third-order valence-corrected chi connectivity index (χ3v) is 8.89. The van der Waals surface area contributed by atoms with Gasteiger partial charge in [-0.15, -0.1) is 0 Å². The van der Waals surface area contributed by atoms with Crippen molar-refractivity contribution in [3.05, 3.63) is 0 Å². The Hall–Kier alpha value is -0.140. The Morgan fingerprint density at radius 3 is 2.42 bits per heavy atom. The molecule has 3 fully saturated rings. The summed E-state index contributed by atoms with van der Waals surface area (Å²) in [5.74, 6) is 1.74. The number of hydrogen-bond donors (Lipinski definition) is 1. The summed E-state index contributed by atoms with van der Waals surface area (Å²) >= 11 is 0. The van der Waals surface area contributed by atoms with Crippen molar-refractivity contribution < 1.29 is 16.8 Å². The predicted molar refractivity (Wildman–Crippen MR) is 72.9 cm³/mol. The summed E-state index contributed by atoms with van der Waals surface area (Å²) in [6, 6.07) is 0. The van der Waals surface area contributed by atoms with Crippen LogP contribution in [0.3, 0.4) is 0 Å². The van der Waals surface area contributed by atoms with Gasteiger partial charge in [0.25, 0.3) is 0 Å². The molecule has 0 unspecified atom stereocenters. The van der Waals surface area contributed by atoms with Gasteiger partial charge in [0.05, 0.1) is 16.8 Å². The molecule has 1 heterocycles. The lowest BCUT2D eigenvalue weighted by Crippen LogP contribution is -2.38. The highest BCUT2D eigenvalue weighted by atomic mass is 32.2. The minimum atomic E-state index is -3.46. The molecule has 0 aromatic carbocycles. The minimum Gasteiger partial charge on any atom is -0.229 e. The molecule has 0 aromatic heterocycles. The average Bonchev–Trinajstić information content (AvgIpc) is 3.01. The molecule has 1 saturated heterocycles.